The van der Waals surface area contributed by atoms with Crippen molar-refractivity contribution < 1.29 is 32.6 Å². The van der Waals surface area contributed by atoms with E-state index in [0.717, 1.165) is 12.8 Å². The standard InChI is InChI=1S/C5H12O3S.Au/c1-2-3-4-5-9(6,7)8;/h2-5H2,1H3,(H,6,7,8);/q;+1/p-1. The van der Waals surface area contributed by atoms with E-state index in [1.807, 2.05) is 6.92 Å². The van der Waals surface area contributed by atoms with Crippen molar-refractivity contribution in [2.75, 3.05) is 5.75 Å². The van der Waals surface area contributed by atoms with E-state index < -0.39 is 10.1 Å². The summed E-state index contributed by atoms with van der Waals surface area (Å²) in [7, 11) is -3.22. The maximum atomic E-state index is 10.6. The second-order valence-electron chi connectivity index (χ2n) is 2.02. The summed E-state index contributed by atoms with van der Waals surface area (Å²) in [5, 5.41) is 0. The molecule has 0 aromatic carbocycles. The molecule has 0 N–H and O–H groups in total. The van der Waals surface area contributed by atoms with Gasteiger partial charge in [-0.1, -0.05) is 0 Å². The Balaban J connectivity index is 3.49. The van der Waals surface area contributed by atoms with Crippen molar-refractivity contribution in [3.8, 4) is 0 Å². The van der Waals surface area contributed by atoms with E-state index in [2.05, 4.69) is 2.69 Å². The first kappa shape index (κ1) is 10.7. The second-order valence-corrected chi connectivity index (χ2v) is 4.73. The predicted molar refractivity (Wildman–Crippen MR) is 34.4 cm³/mol. The Bertz CT molecular complexity index is 164. The van der Waals surface area contributed by atoms with Crippen LogP contribution in [0, 0.1) is 0 Å². The van der Waals surface area contributed by atoms with Gasteiger partial charge in [-0.15, -0.1) is 0 Å². The number of rotatable bonds is 5. The fourth-order valence-electron chi connectivity index (χ4n) is 0.554. The predicted octanol–water partition coefficient (Wildman–Crippen LogP) is 0.985. The molecule has 0 aliphatic heterocycles. The van der Waals surface area contributed by atoms with Crippen LogP contribution in [0.5, 0.6) is 0 Å². The van der Waals surface area contributed by atoms with Gasteiger partial charge < -0.3 is 0 Å². The van der Waals surface area contributed by atoms with Gasteiger partial charge in [0.25, 0.3) is 0 Å². The van der Waals surface area contributed by atoms with Crippen molar-refractivity contribution in [2.24, 2.45) is 0 Å². The molecular weight excluding hydrogens is 337 g/mol. The minimum atomic E-state index is -3.22. The topological polar surface area (TPSA) is 43.4 Å². The molecule has 66 valence electrons. The molecule has 0 spiro atoms. The summed E-state index contributed by atoms with van der Waals surface area (Å²) < 4.78 is 25.5. The molecule has 0 bridgehead atoms. The molecule has 0 amide bonds. The third kappa shape index (κ3) is 5.44. The Morgan fingerprint density at radius 2 is 2.00 bits per heavy atom. The minimum absolute atomic E-state index is 0.136. The Hall–Kier alpha value is 0.650. The average Bonchev–Trinajstić information content (AvgIpc) is 1.89. The molecule has 0 fully saturated rings. The summed E-state index contributed by atoms with van der Waals surface area (Å²) in [6.07, 6.45) is 2.66. The molecule has 0 heterocycles. The van der Waals surface area contributed by atoms with Crippen LogP contribution in [0.1, 0.15) is 26.2 Å². The van der Waals surface area contributed by atoms with Crippen molar-refractivity contribution in [1.82, 2.24) is 0 Å². The number of unbranched alkanes of at least 4 members (excludes halogenated alkanes) is 2. The molecule has 0 aromatic rings. The second kappa shape index (κ2) is 5.32. The van der Waals surface area contributed by atoms with E-state index in [9.17, 15) is 8.42 Å². The first-order valence-electron chi connectivity index (χ1n) is 3.12. The van der Waals surface area contributed by atoms with Gasteiger partial charge in [0.2, 0.25) is 0 Å². The maximum absolute atomic E-state index is 10.6. The van der Waals surface area contributed by atoms with Crippen LogP contribution in [0.25, 0.3) is 0 Å². The van der Waals surface area contributed by atoms with E-state index in [0.29, 0.717) is 6.42 Å². The van der Waals surface area contributed by atoms with Crippen LogP contribution in [0.4, 0.5) is 0 Å². The monoisotopic (exact) mass is 348 g/mol. The van der Waals surface area contributed by atoms with Crippen LogP contribution in [0.3, 0.4) is 0 Å². The van der Waals surface area contributed by atoms with E-state index in [1.165, 1.54) is 0 Å². The SMILES string of the molecule is CCCCCS(=O)(=O)[O][Au]. The van der Waals surface area contributed by atoms with Crippen LogP contribution in [-0.2, 0) is 34.3 Å². The van der Waals surface area contributed by atoms with Gasteiger partial charge in [0.1, 0.15) is 0 Å². The van der Waals surface area contributed by atoms with E-state index >= 15 is 0 Å². The van der Waals surface area contributed by atoms with E-state index in [1.54, 1.807) is 21.5 Å². The zero-order chi connectivity index (χ0) is 8.04. The molecule has 0 radical (unpaired) electrons. The van der Waals surface area contributed by atoms with Gasteiger partial charge in [-0.3, -0.25) is 0 Å². The zero-order valence-corrected chi connectivity index (χ0v) is 8.75. The summed E-state index contributed by atoms with van der Waals surface area (Å²) >= 11 is 1.56. The molecule has 0 atom stereocenters. The summed E-state index contributed by atoms with van der Waals surface area (Å²) in [5.41, 5.74) is 0. The molecule has 3 nitrogen and oxygen atoms in total. The third-order valence-electron chi connectivity index (χ3n) is 1.07. The van der Waals surface area contributed by atoms with Crippen molar-refractivity contribution in [3.63, 3.8) is 0 Å². The van der Waals surface area contributed by atoms with E-state index in [4.69, 9.17) is 0 Å². The normalized spacial score (nSPS) is 11.9. The van der Waals surface area contributed by atoms with Gasteiger partial charge in [0.15, 0.2) is 0 Å². The molecule has 10 heavy (non-hydrogen) atoms. The van der Waals surface area contributed by atoms with Gasteiger partial charge in [-0.05, 0) is 0 Å². The third-order valence-corrected chi connectivity index (χ3v) is 3.67. The van der Waals surface area contributed by atoms with Crippen LogP contribution in [0.15, 0.2) is 0 Å². The number of hydrogen-bond acceptors (Lipinski definition) is 3. The van der Waals surface area contributed by atoms with Gasteiger partial charge in [0.05, 0.1) is 0 Å². The Morgan fingerprint density at radius 3 is 2.40 bits per heavy atom. The molecule has 0 aliphatic rings. The van der Waals surface area contributed by atoms with Crippen molar-refractivity contribution >= 4 is 10.1 Å². The van der Waals surface area contributed by atoms with E-state index in [-0.39, 0.29) is 5.75 Å². The summed E-state index contributed by atoms with van der Waals surface area (Å²) in [6.45, 7) is 2.02. The Morgan fingerprint density at radius 1 is 1.40 bits per heavy atom. The van der Waals surface area contributed by atoms with Crippen molar-refractivity contribution in [2.45, 2.75) is 26.2 Å². The summed E-state index contributed by atoms with van der Waals surface area (Å²) in [5.74, 6) is 0.136. The first-order chi connectivity index (χ1) is 4.62. The van der Waals surface area contributed by atoms with Crippen molar-refractivity contribution in [1.29, 1.82) is 0 Å². The van der Waals surface area contributed by atoms with Gasteiger partial charge in [-0.2, -0.15) is 0 Å². The van der Waals surface area contributed by atoms with Gasteiger partial charge in [0, 0.05) is 0 Å². The quantitative estimate of drug-likeness (QED) is 0.550. The Labute approximate surface area is 74.7 Å². The molecular formula is C5H11AuO3S. The molecule has 0 unspecified atom stereocenters. The van der Waals surface area contributed by atoms with Crippen LogP contribution < -0.4 is 0 Å². The summed E-state index contributed by atoms with van der Waals surface area (Å²) in [4.78, 5) is 0. The molecule has 0 saturated heterocycles. The fraction of sp³-hybridized carbons (Fsp3) is 1.00. The average molecular weight is 348 g/mol. The molecule has 0 rings (SSSR count). The molecule has 0 aliphatic carbocycles. The van der Waals surface area contributed by atoms with Gasteiger partial charge >= 0.3 is 74.6 Å². The summed E-state index contributed by atoms with van der Waals surface area (Å²) in [6, 6.07) is 0. The van der Waals surface area contributed by atoms with Crippen molar-refractivity contribution in [3.05, 3.63) is 0 Å². The molecule has 0 saturated carbocycles. The fourth-order valence-corrected chi connectivity index (χ4v) is 1.70. The van der Waals surface area contributed by atoms with Crippen LogP contribution in [-0.4, -0.2) is 14.2 Å². The molecule has 0 aromatic heterocycles. The van der Waals surface area contributed by atoms with Crippen LogP contribution in [0.2, 0.25) is 0 Å². The number of hydrogen-bond donors (Lipinski definition) is 0. The Kier molecular flexibility index (Phi) is 5.67. The van der Waals surface area contributed by atoms with Crippen LogP contribution >= 0.6 is 0 Å². The molecule has 5 heteroatoms. The van der Waals surface area contributed by atoms with Gasteiger partial charge in [-0.25, -0.2) is 0 Å². The first-order valence-corrected chi connectivity index (χ1v) is 5.58. The zero-order valence-electron chi connectivity index (χ0n) is 5.76.